The third-order valence-electron chi connectivity index (χ3n) is 7.30. The van der Waals surface area contributed by atoms with Crippen LogP contribution in [0.1, 0.15) is 18.1 Å². The number of aromatic nitrogens is 2. The third kappa shape index (κ3) is 5.47. The molecule has 232 valence electrons. The van der Waals surface area contributed by atoms with Gasteiger partial charge in [-0.2, -0.15) is 9.78 Å². The van der Waals surface area contributed by atoms with Gasteiger partial charge in [-0.3, -0.25) is 4.79 Å². The third-order valence-corrected chi connectivity index (χ3v) is 9.45. The summed E-state index contributed by atoms with van der Waals surface area (Å²) in [5, 5.41) is 5.80. The van der Waals surface area contributed by atoms with E-state index in [1.54, 1.807) is 43.7 Å². The Bertz CT molecular complexity index is 2210. The van der Waals surface area contributed by atoms with E-state index in [0.717, 1.165) is 10.9 Å². The molecule has 3 heterocycles. The highest BCUT2D eigenvalue weighted by molar-refractivity contribution is 9.13. The van der Waals surface area contributed by atoms with Crippen LogP contribution in [0.4, 0.5) is 0 Å². The van der Waals surface area contributed by atoms with E-state index in [1.807, 2.05) is 49.4 Å². The van der Waals surface area contributed by atoms with Crippen LogP contribution >= 0.6 is 31.9 Å². The van der Waals surface area contributed by atoms with E-state index < -0.39 is 0 Å². The van der Waals surface area contributed by atoms with Crippen molar-refractivity contribution >= 4 is 59.9 Å². The SMILES string of the molecule is CCOc1cc(C=Nn2c(-c3cc4c(OC)cccc4o3)nc3ccccc3c2=O)c(Br)c(Br)c1OCc1ccc2c(c1)OCO2. The summed E-state index contributed by atoms with van der Waals surface area (Å²) in [6.07, 6.45) is 1.56. The largest absolute Gasteiger partial charge is 0.496 e. The minimum Gasteiger partial charge on any atom is -0.496 e. The number of fused-ring (bicyclic) bond motifs is 3. The van der Waals surface area contributed by atoms with Crippen molar-refractivity contribution in [2.24, 2.45) is 5.10 Å². The van der Waals surface area contributed by atoms with Crippen LogP contribution < -0.4 is 29.2 Å². The fraction of sp³-hybridized carbons (Fsp3) is 0.147. The summed E-state index contributed by atoms with van der Waals surface area (Å²) in [5.74, 6) is 3.62. The van der Waals surface area contributed by atoms with Crippen LogP contribution in [-0.2, 0) is 6.61 Å². The molecule has 0 aliphatic carbocycles. The molecule has 4 aromatic carbocycles. The van der Waals surface area contributed by atoms with Gasteiger partial charge in [0.1, 0.15) is 17.9 Å². The first-order valence-corrected chi connectivity index (χ1v) is 15.8. The zero-order chi connectivity index (χ0) is 31.8. The van der Waals surface area contributed by atoms with E-state index in [0.29, 0.717) is 72.1 Å². The Hall–Kier alpha value is -4.81. The summed E-state index contributed by atoms with van der Waals surface area (Å²) >= 11 is 7.34. The number of rotatable bonds is 9. The monoisotopic (exact) mass is 745 g/mol. The van der Waals surface area contributed by atoms with E-state index in [4.69, 9.17) is 33.1 Å². The van der Waals surface area contributed by atoms with Crippen molar-refractivity contribution in [3.8, 4) is 40.3 Å². The molecule has 0 unspecified atom stereocenters. The molecule has 6 aromatic rings. The average molecular weight is 747 g/mol. The lowest BCUT2D eigenvalue weighted by atomic mass is 10.2. The number of hydrogen-bond donors (Lipinski definition) is 0. The van der Waals surface area contributed by atoms with Gasteiger partial charge in [-0.1, -0.05) is 24.3 Å². The van der Waals surface area contributed by atoms with Gasteiger partial charge in [0.2, 0.25) is 12.6 Å². The molecular formula is C34H25Br2N3O7. The van der Waals surface area contributed by atoms with Gasteiger partial charge in [0.05, 0.1) is 40.7 Å². The topological polar surface area (TPSA) is 107 Å². The van der Waals surface area contributed by atoms with Gasteiger partial charge < -0.3 is 28.1 Å². The van der Waals surface area contributed by atoms with Crippen LogP contribution in [0.25, 0.3) is 33.5 Å². The van der Waals surface area contributed by atoms with Crippen LogP contribution in [-0.4, -0.2) is 36.4 Å². The van der Waals surface area contributed by atoms with E-state index in [9.17, 15) is 4.79 Å². The Morgan fingerprint density at radius 3 is 2.63 bits per heavy atom. The van der Waals surface area contributed by atoms with Crippen molar-refractivity contribution < 1.29 is 28.1 Å². The molecule has 2 aromatic heterocycles. The Labute approximate surface area is 279 Å². The molecule has 46 heavy (non-hydrogen) atoms. The van der Waals surface area contributed by atoms with Crippen molar-refractivity contribution in [1.29, 1.82) is 0 Å². The molecule has 0 spiro atoms. The second-order valence-corrected chi connectivity index (χ2v) is 11.7. The molecule has 0 amide bonds. The maximum absolute atomic E-state index is 13.8. The van der Waals surface area contributed by atoms with Crippen molar-refractivity contribution in [2.75, 3.05) is 20.5 Å². The van der Waals surface area contributed by atoms with Crippen LogP contribution in [0.5, 0.6) is 28.7 Å². The lowest BCUT2D eigenvalue weighted by Crippen LogP contribution is -2.20. The summed E-state index contributed by atoms with van der Waals surface area (Å²) in [7, 11) is 1.59. The number of ether oxygens (including phenoxy) is 5. The second kappa shape index (κ2) is 12.5. The molecule has 0 saturated heterocycles. The number of hydrogen-bond acceptors (Lipinski definition) is 9. The van der Waals surface area contributed by atoms with E-state index in [2.05, 4.69) is 37.0 Å². The smallest absolute Gasteiger partial charge is 0.282 e. The highest BCUT2D eigenvalue weighted by Crippen LogP contribution is 2.43. The van der Waals surface area contributed by atoms with Crippen molar-refractivity contribution in [1.82, 2.24) is 9.66 Å². The summed E-state index contributed by atoms with van der Waals surface area (Å²) in [6.45, 7) is 2.75. The van der Waals surface area contributed by atoms with E-state index >= 15 is 0 Å². The fourth-order valence-electron chi connectivity index (χ4n) is 5.11. The molecule has 1 aliphatic heterocycles. The number of furan rings is 1. The van der Waals surface area contributed by atoms with E-state index in [-0.39, 0.29) is 24.8 Å². The van der Waals surface area contributed by atoms with Crippen molar-refractivity contribution in [3.63, 3.8) is 0 Å². The molecule has 12 heteroatoms. The molecule has 0 N–H and O–H groups in total. The number of benzene rings is 4. The van der Waals surface area contributed by atoms with Crippen LogP contribution in [0.15, 0.2) is 96.1 Å². The Morgan fingerprint density at radius 2 is 1.78 bits per heavy atom. The number of methoxy groups -OCH3 is 1. The zero-order valence-corrected chi connectivity index (χ0v) is 27.8. The molecule has 10 nitrogen and oxygen atoms in total. The standard InChI is InChI=1S/C34H25Br2N3O7/c1-3-42-28-14-20(30(35)31(36)32(28)43-17-19-11-12-26-27(13-19)45-18-44-26)16-37-39-33(38-23-8-5-4-7-21(23)34(39)40)29-15-22-24(41-2)9-6-10-25(22)46-29/h4-16H,3,17-18H2,1-2H3. The molecular weight excluding hydrogens is 722 g/mol. The maximum atomic E-state index is 13.8. The summed E-state index contributed by atoms with van der Waals surface area (Å²) in [4.78, 5) is 18.6. The lowest BCUT2D eigenvalue weighted by Gasteiger charge is -2.16. The predicted molar refractivity (Wildman–Crippen MR) is 181 cm³/mol. The van der Waals surface area contributed by atoms with Crippen molar-refractivity contribution in [2.45, 2.75) is 13.5 Å². The van der Waals surface area contributed by atoms with Crippen LogP contribution in [0.3, 0.4) is 0 Å². The highest BCUT2D eigenvalue weighted by Gasteiger charge is 2.21. The summed E-state index contributed by atoms with van der Waals surface area (Å²) in [6, 6.07) is 21.9. The molecule has 0 bridgehead atoms. The first kappa shape index (κ1) is 29.9. The normalized spacial score (nSPS) is 12.3. The number of para-hydroxylation sites is 1. The Kier molecular flexibility index (Phi) is 8.14. The second-order valence-electron chi connectivity index (χ2n) is 10.1. The first-order chi connectivity index (χ1) is 22.4. The van der Waals surface area contributed by atoms with Gasteiger partial charge in [0.25, 0.3) is 5.56 Å². The minimum absolute atomic E-state index is 0.200. The van der Waals surface area contributed by atoms with Crippen LogP contribution in [0, 0.1) is 0 Å². The Morgan fingerprint density at radius 1 is 0.935 bits per heavy atom. The molecule has 7 rings (SSSR count). The number of nitrogens with zero attached hydrogens (tertiary/aromatic N) is 3. The van der Waals surface area contributed by atoms with Gasteiger partial charge >= 0.3 is 0 Å². The molecule has 0 saturated carbocycles. The van der Waals surface area contributed by atoms with Gasteiger partial charge in [-0.15, -0.1) is 0 Å². The predicted octanol–water partition coefficient (Wildman–Crippen LogP) is 7.93. The Balaban J connectivity index is 1.28. The summed E-state index contributed by atoms with van der Waals surface area (Å²) < 4.78 is 37.3. The molecule has 1 aliphatic rings. The van der Waals surface area contributed by atoms with E-state index in [1.165, 1.54) is 4.68 Å². The summed E-state index contributed by atoms with van der Waals surface area (Å²) in [5.41, 5.74) is 2.29. The average Bonchev–Trinajstić information content (AvgIpc) is 3.73. The van der Waals surface area contributed by atoms with Gasteiger partial charge in [0, 0.05) is 10.0 Å². The highest BCUT2D eigenvalue weighted by atomic mass is 79.9. The number of halogens is 2. The minimum atomic E-state index is -0.354. The first-order valence-electron chi connectivity index (χ1n) is 14.2. The molecule has 0 fully saturated rings. The molecule has 0 atom stereocenters. The molecule has 0 radical (unpaired) electrons. The lowest BCUT2D eigenvalue weighted by molar-refractivity contribution is 0.174. The van der Waals surface area contributed by atoms with Crippen LogP contribution in [0.2, 0.25) is 0 Å². The van der Waals surface area contributed by atoms with Gasteiger partial charge in [0.15, 0.2) is 28.8 Å². The quantitative estimate of drug-likeness (QED) is 0.137. The van der Waals surface area contributed by atoms with Gasteiger partial charge in [-0.25, -0.2) is 4.98 Å². The maximum Gasteiger partial charge on any atom is 0.282 e. The van der Waals surface area contributed by atoms with Gasteiger partial charge in [-0.05, 0) is 92.9 Å². The van der Waals surface area contributed by atoms with Crippen molar-refractivity contribution in [3.05, 3.63) is 103 Å². The zero-order valence-electron chi connectivity index (χ0n) is 24.6. The fourth-order valence-corrected chi connectivity index (χ4v) is 6.05.